The molecule has 2 aromatic rings. The number of carbonyl (C=O) groups is 1. The van der Waals surface area contributed by atoms with Crippen LogP contribution in [0.1, 0.15) is 24.1 Å². The summed E-state index contributed by atoms with van der Waals surface area (Å²) >= 11 is 0. The number of nitrogens with zero attached hydrogens (tertiary/aromatic N) is 2. The van der Waals surface area contributed by atoms with E-state index in [0.717, 1.165) is 11.1 Å². The lowest BCUT2D eigenvalue weighted by molar-refractivity contribution is -0.132. The molecule has 0 spiro atoms. The molecule has 128 valence electrons. The number of amides is 1. The molecule has 0 N–H and O–H groups in total. The summed E-state index contributed by atoms with van der Waals surface area (Å²) in [5.74, 6) is -0.630. The average molecular weight is 332 g/mol. The van der Waals surface area contributed by atoms with E-state index in [2.05, 4.69) is 0 Å². The van der Waals surface area contributed by atoms with Gasteiger partial charge >= 0.3 is 0 Å². The molecular formula is C19H22F2N2O. The van der Waals surface area contributed by atoms with Crippen LogP contribution in [-0.2, 0) is 11.3 Å². The summed E-state index contributed by atoms with van der Waals surface area (Å²) in [4.78, 5) is 15.9. The van der Waals surface area contributed by atoms with Gasteiger partial charge in [-0.1, -0.05) is 24.3 Å². The summed E-state index contributed by atoms with van der Waals surface area (Å²) < 4.78 is 26.2. The fraction of sp³-hybridized carbons (Fsp3) is 0.316. The van der Waals surface area contributed by atoms with Crippen LogP contribution in [0.25, 0.3) is 0 Å². The molecule has 0 heterocycles. The minimum absolute atomic E-state index is 0.0503. The maximum absolute atomic E-state index is 13.2. The highest BCUT2D eigenvalue weighted by Crippen LogP contribution is 2.19. The average Bonchev–Trinajstić information content (AvgIpc) is 2.54. The number of hydrogen-bond acceptors (Lipinski definition) is 2. The summed E-state index contributed by atoms with van der Waals surface area (Å²) in [7, 11) is 3.55. The van der Waals surface area contributed by atoms with Crippen LogP contribution in [0.5, 0.6) is 0 Å². The molecule has 2 rings (SSSR count). The second-order valence-corrected chi connectivity index (χ2v) is 6.03. The number of rotatable bonds is 6. The van der Waals surface area contributed by atoms with Crippen molar-refractivity contribution < 1.29 is 13.6 Å². The van der Waals surface area contributed by atoms with Crippen molar-refractivity contribution in [3.05, 3.63) is 71.3 Å². The molecule has 0 aliphatic rings. The van der Waals surface area contributed by atoms with Crippen molar-refractivity contribution in [1.29, 1.82) is 0 Å². The Hall–Kier alpha value is -2.27. The van der Waals surface area contributed by atoms with Crippen LogP contribution in [0, 0.1) is 11.6 Å². The molecule has 0 aromatic heterocycles. The summed E-state index contributed by atoms with van der Waals surface area (Å²) in [6.07, 6.45) is 0. The SMILES string of the molecule is CC(c1ccc(F)cc1)N(C)C(=O)CN(C)Cc1cccc(F)c1. The molecule has 0 radical (unpaired) electrons. The van der Waals surface area contributed by atoms with Crippen molar-refractivity contribution >= 4 is 5.91 Å². The second kappa shape index (κ2) is 8.02. The van der Waals surface area contributed by atoms with E-state index >= 15 is 0 Å². The molecule has 2 aromatic carbocycles. The quantitative estimate of drug-likeness (QED) is 0.807. The zero-order chi connectivity index (χ0) is 17.7. The molecular weight excluding hydrogens is 310 g/mol. The molecule has 3 nitrogen and oxygen atoms in total. The van der Waals surface area contributed by atoms with E-state index in [-0.39, 0.29) is 30.1 Å². The highest BCUT2D eigenvalue weighted by atomic mass is 19.1. The Bertz CT molecular complexity index is 688. The minimum Gasteiger partial charge on any atom is -0.338 e. The van der Waals surface area contributed by atoms with E-state index in [0.29, 0.717) is 6.54 Å². The fourth-order valence-electron chi connectivity index (χ4n) is 2.53. The molecule has 1 atom stereocenters. The Kier molecular flexibility index (Phi) is 6.04. The van der Waals surface area contributed by atoms with Crippen LogP contribution in [0.2, 0.25) is 0 Å². The van der Waals surface area contributed by atoms with Gasteiger partial charge in [-0.25, -0.2) is 8.78 Å². The van der Waals surface area contributed by atoms with Gasteiger partial charge in [0.15, 0.2) is 0 Å². The Labute approximate surface area is 141 Å². The van der Waals surface area contributed by atoms with Crippen LogP contribution in [0.4, 0.5) is 8.78 Å². The topological polar surface area (TPSA) is 23.6 Å². The molecule has 1 unspecified atom stereocenters. The lowest BCUT2D eigenvalue weighted by Crippen LogP contribution is -2.37. The van der Waals surface area contributed by atoms with E-state index < -0.39 is 0 Å². The van der Waals surface area contributed by atoms with Crippen LogP contribution < -0.4 is 0 Å². The molecule has 0 aliphatic carbocycles. The number of likely N-dealkylation sites (N-methyl/N-ethyl adjacent to an activating group) is 2. The van der Waals surface area contributed by atoms with Crippen LogP contribution in [0.3, 0.4) is 0 Å². The number of hydrogen-bond donors (Lipinski definition) is 0. The Morgan fingerprint density at radius 1 is 1.04 bits per heavy atom. The third-order valence-corrected chi connectivity index (χ3v) is 4.07. The lowest BCUT2D eigenvalue weighted by atomic mass is 10.1. The summed E-state index contributed by atoms with van der Waals surface area (Å²) in [5.41, 5.74) is 1.69. The van der Waals surface area contributed by atoms with Crippen LogP contribution in [-0.4, -0.2) is 36.3 Å². The van der Waals surface area contributed by atoms with Crippen molar-refractivity contribution in [1.82, 2.24) is 9.80 Å². The normalized spacial score (nSPS) is 12.2. The predicted octanol–water partition coefficient (Wildman–Crippen LogP) is 3.62. The van der Waals surface area contributed by atoms with Crippen molar-refractivity contribution in [2.75, 3.05) is 20.6 Å². The first-order valence-corrected chi connectivity index (χ1v) is 7.81. The largest absolute Gasteiger partial charge is 0.338 e. The summed E-state index contributed by atoms with van der Waals surface area (Å²) in [6.45, 7) is 2.61. The monoisotopic (exact) mass is 332 g/mol. The third-order valence-electron chi connectivity index (χ3n) is 4.07. The first-order chi connectivity index (χ1) is 11.4. The van der Waals surface area contributed by atoms with Gasteiger partial charge in [0.25, 0.3) is 0 Å². The molecule has 0 saturated carbocycles. The van der Waals surface area contributed by atoms with Gasteiger partial charge in [0, 0.05) is 13.6 Å². The maximum Gasteiger partial charge on any atom is 0.236 e. The van der Waals surface area contributed by atoms with Crippen molar-refractivity contribution in [2.24, 2.45) is 0 Å². The Morgan fingerprint density at radius 3 is 2.33 bits per heavy atom. The fourth-order valence-corrected chi connectivity index (χ4v) is 2.53. The Balaban J connectivity index is 1.93. The predicted molar refractivity (Wildman–Crippen MR) is 90.3 cm³/mol. The van der Waals surface area contributed by atoms with E-state index in [1.54, 1.807) is 30.1 Å². The smallest absolute Gasteiger partial charge is 0.236 e. The van der Waals surface area contributed by atoms with E-state index in [1.807, 2.05) is 24.9 Å². The summed E-state index contributed by atoms with van der Waals surface area (Å²) in [6, 6.07) is 12.3. The standard InChI is InChI=1S/C19H22F2N2O/c1-14(16-7-9-17(20)10-8-16)23(3)19(24)13-22(2)12-15-5-4-6-18(21)11-15/h4-11,14H,12-13H2,1-3H3. The van der Waals surface area contributed by atoms with Gasteiger partial charge in [-0.2, -0.15) is 0 Å². The number of carbonyl (C=O) groups excluding carboxylic acids is 1. The van der Waals surface area contributed by atoms with Gasteiger partial charge in [-0.15, -0.1) is 0 Å². The van der Waals surface area contributed by atoms with Gasteiger partial charge < -0.3 is 4.90 Å². The molecule has 1 amide bonds. The maximum atomic E-state index is 13.2. The molecule has 0 aliphatic heterocycles. The highest BCUT2D eigenvalue weighted by Gasteiger charge is 2.18. The zero-order valence-corrected chi connectivity index (χ0v) is 14.2. The van der Waals surface area contributed by atoms with E-state index in [1.165, 1.54) is 24.3 Å². The highest BCUT2D eigenvalue weighted by molar-refractivity contribution is 5.78. The third kappa shape index (κ3) is 4.86. The molecule has 0 saturated heterocycles. The molecule has 24 heavy (non-hydrogen) atoms. The molecule has 0 fully saturated rings. The lowest BCUT2D eigenvalue weighted by Gasteiger charge is -2.27. The molecule has 0 bridgehead atoms. The second-order valence-electron chi connectivity index (χ2n) is 6.03. The first kappa shape index (κ1) is 18.1. The summed E-state index contributed by atoms with van der Waals surface area (Å²) in [5, 5.41) is 0. The van der Waals surface area contributed by atoms with Crippen LogP contribution >= 0.6 is 0 Å². The van der Waals surface area contributed by atoms with E-state index in [9.17, 15) is 13.6 Å². The van der Waals surface area contributed by atoms with Crippen molar-refractivity contribution in [3.8, 4) is 0 Å². The van der Waals surface area contributed by atoms with Gasteiger partial charge in [0.2, 0.25) is 5.91 Å². The first-order valence-electron chi connectivity index (χ1n) is 7.81. The van der Waals surface area contributed by atoms with Gasteiger partial charge in [-0.05, 0) is 49.4 Å². The van der Waals surface area contributed by atoms with E-state index in [4.69, 9.17) is 0 Å². The van der Waals surface area contributed by atoms with Gasteiger partial charge in [-0.3, -0.25) is 9.69 Å². The zero-order valence-electron chi connectivity index (χ0n) is 14.2. The minimum atomic E-state index is -0.297. The van der Waals surface area contributed by atoms with Crippen molar-refractivity contribution in [2.45, 2.75) is 19.5 Å². The van der Waals surface area contributed by atoms with Gasteiger partial charge in [0.1, 0.15) is 11.6 Å². The van der Waals surface area contributed by atoms with Crippen molar-refractivity contribution in [3.63, 3.8) is 0 Å². The number of halogens is 2. The van der Waals surface area contributed by atoms with Gasteiger partial charge in [0.05, 0.1) is 12.6 Å². The van der Waals surface area contributed by atoms with Crippen LogP contribution in [0.15, 0.2) is 48.5 Å². The molecule has 5 heteroatoms. The number of benzene rings is 2. The Morgan fingerprint density at radius 2 is 1.71 bits per heavy atom.